The Labute approximate surface area is 169 Å². The third-order valence-electron chi connectivity index (χ3n) is 4.37. The summed E-state index contributed by atoms with van der Waals surface area (Å²) in [5.41, 5.74) is 0.648. The summed E-state index contributed by atoms with van der Waals surface area (Å²) < 4.78 is 41.1. The van der Waals surface area contributed by atoms with Gasteiger partial charge in [0.25, 0.3) is 0 Å². The van der Waals surface area contributed by atoms with E-state index in [0.29, 0.717) is 23.8 Å². The number of nitrogens with zero attached hydrogens (tertiary/aromatic N) is 1. The number of pyridine rings is 1. The monoisotopic (exact) mass is 431 g/mol. The van der Waals surface area contributed by atoms with Crippen LogP contribution in [-0.2, 0) is 11.3 Å². The first-order valence-corrected chi connectivity index (χ1v) is 8.45. The average molecular weight is 432 g/mol. The Kier molecular flexibility index (Phi) is 11.7. The van der Waals surface area contributed by atoms with E-state index < -0.39 is 12.8 Å². The molecule has 2 N–H and O–H groups in total. The van der Waals surface area contributed by atoms with E-state index in [2.05, 4.69) is 27.3 Å². The molecule has 1 aliphatic rings. The molecule has 2 heterocycles. The standard InChI is InChI=1S/C17H24F3N3O2.2ClH/c1-12(14-3-5-21-6-4-14)8-15(24)23-10-13-2-7-22-16(9-13)25-11-17(18,19)20;;/h2,7,9,12,14,21H,3-6,8,10-11H2,1H3,(H,23,24);2*1H. The van der Waals surface area contributed by atoms with Crippen LogP contribution in [0.1, 0.15) is 31.7 Å². The number of amides is 1. The summed E-state index contributed by atoms with van der Waals surface area (Å²) in [4.78, 5) is 15.8. The number of hydrogen-bond acceptors (Lipinski definition) is 4. The molecular weight excluding hydrogens is 406 g/mol. The van der Waals surface area contributed by atoms with Gasteiger partial charge in [-0.15, -0.1) is 24.8 Å². The summed E-state index contributed by atoms with van der Waals surface area (Å²) in [5.74, 6) is 0.702. The molecule has 0 bridgehead atoms. The maximum absolute atomic E-state index is 12.2. The van der Waals surface area contributed by atoms with E-state index in [4.69, 9.17) is 0 Å². The Bertz CT molecular complexity index is 571. The molecule has 0 saturated carbocycles. The predicted molar refractivity (Wildman–Crippen MR) is 102 cm³/mol. The first-order chi connectivity index (χ1) is 11.8. The SMILES string of the molecule is CC(CC(=O)NCc1ccnc(OCC(F)(F)F)c1)C1CCNCC1.Cl.Cl. The molecule has 1 atom stereocenters. The highest BCUT2D eigenvalue weighted by molar-refractivity contribution is 5.85. The molecule has 156 valence electrons. The van der Waals surface area contributed by atoms with Crippen molar-refractivity contribution < 1.29 is 22.7 Å². The van der Waals surface area contributed by atoms with Crippen LogP contribution in [0.15, 0.2) is 18.3 Å². The quantitative estimate of drug-likeness (QED) is 0.693. The molecule has 1 aliphatic heterocycles. The molecule has 1 saturated heterocycles. The molecular formula is C17H26Cl2F3N3O2. The highest BCUT2D eigenvalue weighted by Gasteiger charge is 2.28. The minimum Gasteiger partial charge on any atom is -0.468 e. The summed E-state index contributed by atoms with van der Waals surface area (Å²) in [6, 6.07) is 3.04. The number of piperidine rings is 1. The number of aromatic nitrogens is 1. The van der Waals surface area contributed by atoms with E-state index in [9.17, 15) is 18.0 Å². The van der Waals surface area contributed by atoms with Gasteiger partial charge in [-0.05, 0) is 49.4 Å². The highest BCUT2D eigenvalue weighted by atomic mass is 35.5. The van der Waals surface area contributed by atoms with Crippen molar-refractivity contribution >= 4 is 30.7 Å². The summed E-state index contributed by atoms with van der Waals surface area (Å²) >= 11 is 0. The Balaban J connectivity index is 0.00000338. The van der Waals surface area contributed by atoms with Crippen molar-refractivity contribution in [3.8, 4) is 5.88 Å². The number of nitrogens with one attached hydrogen (secondary N) is 2. The number of ether oxygens (including phenoxy) is 1. The fourth-order valence-corrected chi connectivity index (χ4v) is 2.94. The van der Waals surface area contributed by atoms with Crippen molar-refractivity contribution in [2.24, 2.45) is 11.8 Å². The van der Waals surface area contributed by atoms with Crippen molar-refractivity contribution in [2.45, 2.75) is 38.9 Å². The second-order valence-corrected chi connectivity index (χ2v) is 6.45. The number of carbonyl (C=O) groups excluding carboxylic acids is 1. The van der Waals surface area contributed by atoms with Crippen LogP contribution >= 0.6 is 24.8 Å². The molecule has 0 aromatic carbocycles. The molecule has 1 unspecified atom stereocenters. The van der Waals surface area contributed by atoms with Gasteiger partial charge in [0.15, 0.2) is 6.61 Å². The Morgan fingerprint density at radius 1 is 1.37 bits per heavy atom. The van der Waals surface area contributed by atoms with Gasteiger partial charge in [0.2, 0.25) is 11.8 Å². The van der Waals surface area contributed by atoms with Crippen LogP contribution in [0.5, 0.6) is 5.88 Å². The third kappa shape index (κ3) is 10.0. The third-order valence-corrected chi connectivity index (χ3v) is 4.37. The largest absolute Gasteiger partial charge is 0.468 e. The number of rotatable bonds is 7. The van der Waals surface area contributed by atoms with Crippen LogP contribution in [0, 0.1) is 11.8 Å². The molecule has 5 nitrogen and oxygen atoms in total. The van der Waals surface area contributed by atoms with E-state index in [1.165, 1.54) is 12.3 Å². The lowest BCUT2D eigenvalue weighted by Gasteiger charge is -2.27. The topological polar surface area (TPSA) is 63.2 Å². The van der Waals surface area contributed by atoms with Gasteiger partial charge in [0.05, 0.1) is 0 Å². The first kappa shape index (κ1) is 25.8. The number of alkyl halides is 3. The Morgan fingerprint density at radius 2 is 2.04 bits per heavy atom. The van der Waals surface area contributed by atoms with Gasteiger partial charge in [-0.3, -0.25) is 4.79 Å². The maximum atomic E-state index is 12.2. The van der Waals surface area contributed by atoms with Crippen molar-refractivity contribution in [3.63, 3.8) is 0 Å². The van der Waals surface area contributed by atoms with Crippen molar-refractivity contribution in [1.82, 2.24) is 15.6 Å². The van der Waals surface area contributed by atoms with Crippen molar-refractivity contribution in [2.75, 3.05) is 19.7 Å². The molecule has 27 heavy (non-hydrogen) atoms. The first-order valence-electron chi connectivity index (χ1n) is 8.45. The van der Waals surface area contributed by atoms with Gasteiger partial charge in [0, 0.05) is 25.2 Å². The molecule has 10 heteroatoms. The molecule has 1 aromatic rings. The van der Waals surface area contributed by atoms with Gasteiger partial charge in [-0.1, -0.05) is 6.92 Å². The van der Waals surface area contributed by atoms with Crippen LogP contribution in [-0.4, -0.2) is 36.8 Å². The lowest BCUT2D eigenvalue weighted by molar-refractivity contribution is -0.154. The van der Waals surface area contributed by atoms with Crippen molar-refractivity contribution in [1.29, 1.82) is 0 Å². The Morgan fingerprint density at radius 3 is 2.67 bits per heavy atom. The normalized spacial score (nSPS) is 15.9. The minimum atomic E-state index is -4.41. The lowest BCUT2D eigenvalue weighted by atomic mass is 9.84. The fourth-order valence-electron chi connectivity index (χ4n) is 2.94. The van der Waals surface area contributed by atoms with Crippen LogP contribution in [0.25, 0.3) is 0 Å². The highest BCUT2D eigenvalue weighted by Crippen LogP contribution is 2.24. The van der Waals surface area contributed by atoms with E-state index >= 15 is 0 Å². The zero-order valence-corrected chi connectivity index (χ0v) is 16.7. The van der Waals surface area contributed by atoms with E-state index in [1.807, 2.05) is 0 Å². The van der Waals surface area contributed by atoms with Crippen LogP contribution in [0.4, 0.5) is 13.2 Å². The van der Waals surface area contributed by atoms with E-state index in [-0.39, 0.29) is 43.1 Å². The van der Waals surface area contributed by atoms with Gasteiger partial charge >= 0.3 is 6.18 Å². The van der Waals surface area contributed by atoms with Gasteiger partial charge in [-0.25, -0.2) is 4.98 Å². The molecule has 1 aromatic heterocycles. The molecule has 0 spiro atoms. The second-order valence-electron chi connectivity index (χ2n) is 6.45. The number of hydrogen-bond donors (Lipinski definition) is 2. The van der Waals surface area contributed by atoms with Gasteiger partial charge < -0.3 is 15.4 Å². The fraction of sp³-hybridized carbons (Fsp3) is 0.647. The molecule has 1 fully saturated rings. The van der Waals surface area contributed by atoms with Gasteiger partial charge in [0.1, 0.15) is 0 Å². The minimum absolute atomic E-state index is 0. The number of halogens is 5. The smallest absolute Gasteiger partial charge is 0.422 e. The Hall–Kier alpha value is -1.25. The summed E-state index contributed by atoms with van der Waals surface area (Å²) in [5, 5.41) is 6.11. The molecule has 2 rings (SSSR count). The average Bonchev–Trinajstić information content (AvgIpc) is 2.59. The molecule has 1 amide bonds. The summed E-state index contributed by atoms with van der Waals surface area (Å²) in [7, 11) is 0. The van der Waals surface area contributed by atoms with E-state index in [0.717, 1.165) is 25.9 Å². The lowest BCUT2D eigenvalue weighted by Crippen LogP contribution is -2.33. The molecule has 0 aliphatic carbocycles. The van der Waals surface area contributed by atoms with Crippen LogP contribution in [0.2, 0.25) is 0 Å². The van der Waals surface area contributed by atoms with Gasteiger partial charge in [-0.2, -0.15) is 13.2 Å². The molecule has 0 radical (unpaired) electrons. The van der Waals surface area contributed by atoms with Crippen LogP contribution in [0.3, 0.4) is 0 Å². The zero-order chi connectivity index (χ0) is 18.3. The predicted octanol–water partition coefficient (Wildman–Crippen LogP) is 3.51. The second kappa shape index (κ2) is 12.3. The van der Waals surface area contributed by atoms with E-state index in [1.54, 1.807) is 6.07 Å². The zero-order valence-electron chi connectivity index (χ0n) is 15.1. The van der Waals surface area contributed by atoms with Crippen molar-refractivity contribution in [3.05, 3.63) is 23.9 Å². The summed E-state index contributed by atoms with van der Waals surface area (Å²) in [6.45, 7) is 2.93. The van der Waals surface area contributed by atoms with Crippen LogP contribution < -0.4 is 15.4 Å². The maximum Gasteiger partial charge on any atom is 0.422 e. The summed E-state index contributed by atoms with van der Waals surface area (Å²) in [6.07, 6.45) is -0.424. The number of carbonyl (C=O) groups is 1.